The van der Waals surface area contributed by atoms with E-state index in [4.69, 9.17) is 0 Å². The molecule has 0 fully saturated rings. The summed E-state index contributed by atoms with van der Waals surface area (Å²) in [6.45, 7) is 1.21. The fourth-order valence-electron chi connectivity index (χ4n) is 2.48. The van der Waals surface area contributed by atoms with Crippen molar-refractivity contribution in [1.82, 2.24) is 10.2 Å². The maximum Gasteiger partial charge on any atom is 0.292 e. The molecule has 4 heteroatoms. The maximum absolute atomic E-state index is 12.1. The Morgan fingerprint density at radius 3 is 2.55 bits per heavy atom. The van der Waals surface area contributed by atoms with Crippen LogP contribution in [-0.4, -0.2) is 43.8 Å². The number of carbonyl (C=O) groups excluding carboxylic acids is 2. The molecule has 0 radical (unpaired) electrons. The number of ketones is 1. The molecule has 0 atom stereocenters. The third kappa shape index (κ3) is 3.67. The predicted molar refractivity (Wildman–Crippen MR) is 79.0 cm³/mol. The first-order valence-corrected chi connectivity index (χ1v) is 7.17. The molecular formula is C16H22N2O2. The van der Waals surface area contributed by atoms with E-state index in [0.29, 0.717) is 12.1 Å². The first-order valence-electron chi connectivity index (χ1n) is 7.17. The van der Waals surface area contributed by atoms with Crippen LogP contribution in [0.5, 0.6) is 0 Å². The number of carbonyl (C=O) groups is 2. The molecule has 1 aliphatic carbocycles. The van der Waals surface area contributed by atoms with Gasteiger partial charge in [-0.05, 0) is 57.0 Å². The van der Waals surface area contributed by atoms with Crippen LogP contribution in [0.3, 0.4) is 0 Å². The van der Waals surface area contributed by atoms with Crippen molar-refractivity contribution in [2.75, 3.05) is 27.2 Å². The predicted octanol–water partition coefficient (Wildman–Crippen LogP) is 1.43. The molecule has 0 bridgehead atoms. The molecule has 0 spiro atoms. The Labute approximate surface area is 120 Å². The zero-order valence-electron chi connectivity index (χ0n) is 12.2. The largest absolute Gasteiger partial charge is 0.348 e. The van der Waals surface area contributed by atoms with Crippen molar-refractivity contribution in [3.63, 3.8) is 0 Å². The molecule has 0 aromatic heterocycles. The number of Topliss-reactive ketones (excluding diaryl/α,β-unsaturated/α-hetero) is 1. The first-order chi connectivity index (χ1) is 9.58. The number of amides is 1. The molecule has 1 amide bonds. The van der Waals surface area contributed by atoms with Crippen LogP contribution < -0.4 is 5.32 Å². The van der Waals surface area contributed by atoms with Gasteiger partial charge in [-0.25, -0.2) is 0 Å². The average molecular weight is 274 g/mol. The molecule has 20 heavy (non-hydrogen) atoms. The smallest absolute Gasteiger partial charge is 0.292 e. The Hall–Kier alpha value is -1.68. The Balaban J connectivity index is 2.00. The lowest BCUT2D eigenvalue weighted by atomic mass is 9.90. The lowest BCUT2D eigenvalue weighted by molar-refractivity contribution is -0.117. The summed E-state index contributed by atoms with van der Waals surface area (Å²) in [7, 11) is 3.86. The van der Waals surface area contributed by atoms with Crippen LogP contribution >= 0.6 is 0 Å². The lowest BCUT2D eigenvalue weighted by Crippen LogP contribution is -2.36. The molecule has 0 heterocycles. The SMILES string of the molecule is CN(C)CCNC(=O)C(=O)c1ccc2c(c1)CCCC2. The van der Waals surface area contributed by atoms with E-state index < -0.39 is 11.7 Å². The molecule has 0 saturated carbocycles. The quantitative estimate of drug-likeness (QED) is 0.652. The Morgan fingerprint density at radius 2 is 1.85 bits per heavy atom. The zero-order valence-corrected chi connectivity index (χ0v) is 12.2. The van der Waals surface area contributed by atoms with Gasteiger partial charge in [-0.15, -0.1) is 0 Å². The summed E-state index contributed by atoms with van der Waals surface area (Å²) in [6.07, 6.45) is 4.47. The lowest BCUT2D eigenvalue weighted by Gasteiger charge is -2.16. The van der Waals surface area contributed by atoms with Crippen LogP contribution in [0.4, 0.5) is 0 Å². The molecule has 1 aromatic carbocycles. The van der Waals surface area contributed by atoms with Gasteiger partial charge in [-0.2, -0.15) is 0 Å². The summed E-state index contributed by atoms with van der Waals surface area (Å²) < 4.78 is 0. The van der Waals surface area contributed by atoms with Gasteiger partial charge in [0.1, 0.15) is 0 Å². The van der Waals surface area contributed by atoms with Crippen molar-refractivity contribution in [1.29, 1.82) is 0 Å². The standard InChI is InChI=1S/C16H22N2O2/c1-18(2)10-9-17-16(20)15(19)14-8-7-12-5-3-4-6-13(12)11-14/h7-8,11H,3-6,9-10H2,1-2H3,(H,17,20). The van der Waals surface area contributed by atoms with E-state index in [2.05, 4.69) is 5.32 Å². The summed E-state index contributed by atoms with van der Waals surface area (Å²) in [5.41, 5.74) is 3.05. The van der Waals surface area contributed by atoms with Crippen LogP contribution in [0.25, 0.3) is 0 Å². The van der Waals surface area contributed by atoms with Gasteiger partial charge in [0.15, 0.2) is 0 Å². The van der Waals surface area contributed by atoms with E-state index in [0.717, 1.165) is 19.4 Å². The van der Waals surface area contributed by atoms with Gasteiger partial charge in [0, 0.05) is 18.7 Å². The van der Waals surface area contributed by atoms with Crippen LogP contribution in [0.15, 0.2) is 18.2 Å². The van der Waals surface area contributed by atoms with E-state index in [9.17, 15) is 9.59 Å². The highest BCUT2D eigenvalue weighted by molar-refractivity contribution is 6.42. The second kappa shape index (κ2) is 6.66. The zero-order chi connectivity index (χ0) is 14.5. The van der Waals surface area contributed by atoms with Gasteiger partial charge < -0.3 is 10.2 Å². The van der Waals surface area contributed by atoms with E-state index in [-0.39, 0.29) is 0 Å². The molecule has 0 aliphatic heterocycles. The summed E-state index contributed by atoms with van der Waals surface area (Å²) >= 11 is 0. The van der Waals surface area contributed by atoms with Gasteiger partial charge >= 0.3 is 0 Å². The Morgan fingerprint density at radius 1 is 1.15 bits per heavy atom. The number of fused-ring (bicyclic) bond motifs is 1. The molecule has 1 N–H and O–H groups in total. The minimum Gasteiger partial charge on any atom is -0.348 e. The number of nitrogens with one attached hydrogen (secondary N) is 1. The number of hydrogen-bond donors (Lipinski definition) is 1. The normalized spacial score (nSPS) is 13.9. The number of rotatable bonds is 5. The van der Waals surface area contributed by atoms with E-state index in [1.165, 1.54) is 24.0 Å². The van der Waals surface area contributed by atoms with E-state index >= 15 is 0 Å². The van der Waals surface area contributed by atoms with E-state index in [1.54, 1.807) is 6.07 Å². The maximum atomic E-state index is 12.1. The van der Waals surface area contributed by atoms with Crippen molar-refractivity contribution < 1.29 is 9.59 Å². The molecular weight excluding hydrogens is 252 g/mol. The molecule has 1 aliphatic rings. The summed E-state index contributed by atoms with van der Waals surface area (Å²) in [4.78, 5) is 25.9. The molecule has 1 aromatic rings. The highest BCUT2D eigenvalue weighted by Gasteiger charge is 2.18. The third-order valence-corrected chi connectivity index (χ3v) is 3.66. The second-order valence-corrected chi connectivity index (χ2v) is 5.58. The number of benzene rings is 1. The number of hydrogen-bond acceptors (Lipinski definition) is 3. The number of nitrogens with zero attached hydrogens (tertiary/aromatic N) is 1. The molecule has 0 saturated heterocycles. The van der Waals surface area contributed by atoms with Crippen LogP contribution in [-0.2, 0) is 17.6 Å². The van der Waals surface area contributed by atoms with Crippen molar-refractivity contribution in [3.8, 4) is 0 Å². The minimum absolute atomic E-state index is 0.433. The first kappa shape index (κ1) is 14.7. The molecule has 108 valence electrons. The molecule has 4 nitrogen and oxygen atoms in total. The van der Waals surface area contributed by atoms with Gasteiger partial charge in [0.05, 0.1) is 0 Å². The number of likely N-dealkylation sites (N-methyl/N-ethyl adjacent to an activating group) is 1. The van der Waals surface area contributed by atoms with Gasteiger partial charge in [-0.3, -0.25) is 9.59 Å². The van der Waals surface area contributed by atoms with Crippen LogP contribution in [0, 0.1) is 0 Å². The number of aryl methyl sites for hydroxylation is 2. The van der Waals surface area contributed by atoms with Gasteiger partial charge in [-0.1, -0.05) is 12.1 Å². The summed E-state index contributed by atoms with van der Waals surface area (Å²) in [6, 6.07) is 5.66. The Kier molecular flexibility index (Phi) is 4.90. The van der Waals surface area contributed by atoms with Crippen molar-refractivity contribution in [2.24, 2.45) is 0 Å². The molecule has 0 unspecified atom stereocenters. The molecule has 2 rings (SSSR count). The van der Waals surface area contributed by atoms with Crippen molar-refractivity contribution >= 4 is 11.7 Å². The van der Waals surface area contributed by atoms with Crippen molar-refractivity contribution in [2.45, 2.75) is 25.7 Å². The van der Waals surface area contributed by atoms with E-state index in [1.807, 2.05) is 31.1 Å². The topological polar surface area (TPSA) is 49.4 Å². The summed E-state index contributed by atoms with van der Waals surface area (Å²) in [5, 5.41) is 2.66. The summed E-state index contributed by atoms with van der Waals surface area (Å²) in [5.74, 6) is -0.945. The Bertz CT molecular complexity index is 509. The third-order valence-electron chi connectivity index (χ3n) is 3.66. The van der Waals surface area contributed by atoms with Gasteiger partial charge in [0.2, 0.25) is 5.78 Å². The fourth-order valence-corrected chi connectivity index (χ4v) is 2.48. The second-order valence-electron chi connectivity index (χ2n) is 5.58. The van der Waals surface area contributed by atoms with Crippen LogP contribution in [0.2, 0.25) is 0 Å². The fraction of sp³-hybridized carbons (Fsp3) is 0.500. The monoisotopic (exact) mass is 274 g/mol. The average Bonchev–Trinajstić information content (AvgIpc) is 2.45. The van der Waals surface area contributed by atoms with Crippen molar-refractivity contribution in [3.05, 3.63) is 34.9 Å². The highest BCUT2D eigenvalue weighted by atomic mass is 16.2. The minimum atomic E-state index is -0.511. The van der Waals surface area contributed by atoms with Crippen LogP contribution in [0.1, 0.15) is 34.3 Å². The van der Waals surface area contributed by atoms with Gasteiger partial charge in [0.25, 0.3) is 5.91 Å². The highest BCUT2D eigenvalue weighted by Crippen LogP contribution is 2.22.